The van der Waals surface area contributed by atoms with E-state index in [1.807, 2.05) is 0 Å². The molecule has 2 bridgehead atoms. The van der Waals surface area contributed by atoms with Crippen LogP contribution in [-0.4, -0.2) is 11.2 Å². The van der Waals surface area contributed by atoms with Crippen molar-refractivity contribution in [1.82, 2.24) is 0 Å². The van der Waals surface area contributed by atoms with E-state index < -0.39 is 0 Å². The largest absolute Gasteiger partial charge is 0.393 e. The van der Waals surface area contributed by atoms with Gasteiger partial charge in [0.05, 0.1) is 6.10 Å². The zero-order chi connectivity index (χ0) is 7.84. The van der Waals surface area contributed by atoms with Crippen LogP contribution in [-0.2, 0) is 0 Å². The fourth-order valence-corrected chi connectivity index (χ4v) is 2.80. The van der Waals surface area contributed by atoms with Gasteiger partial charge in [-0.05, 0) is 44.4 Å². The van der Waals surface area contributed by atoms with Crippen molar-refractivity contribution < 1.29 is 5.11 Å². The summed E-state index contributed by atoms with van der Waals surface area (Å²) in [7, 11) is 0. The fraction of sp³-hybridized carbons (Fsp3) is 0.800. The van der Waals surface area contributed by atoms with Crippen molar-refractivity contribution in [3.8, 4) is 0 Å². The van der Waals surface area contributed by atoms with E-state index in [1.54, 1.807) is 5.57 Å². The molecule has 0 aromatic carbocycles. The summed E-state index contributed by atoms with van der Waals surface area (Å²) in [6.45, 7) is 2.14. The number of fused-ring (bicyclic) bond motifs is 2. The van der Waals surface area contributed by atoms with Crippen LogP contribution in [0.1, 0.15) is 32.6 Å². The zero-order valence-electron chi connectivity index (χ0n) is 7.09. The standard InChI is InChI=1S/C10H16O/c1-2-10-7-3-4-8(10)6-9(11)5-7/h2,7-9,11H,3-6H2,1H3. The number of hydrogen-bond acceptors (Lipinski definition) is 1. The molecule has 0 amide bonds. The third-order valence-electron chi connectivity index (χ3n) is 3.25. The van der Waals surface area contributed by atoms with Crippen molar-refractivity contribution in [2.75, 3.05) is 0 Å². The summed E-state index contributed by atoms with van der Waals surface area (Å²) < 4.78 is 0. The number of aliphatic hydroxyl groups excluding tert-OH is 1. The highest BCUT2D eigenvalue weighted by Crippen LogP contribution is 2.46. The summed E-state index contributed by atoms with van der Waals surface area (Å²) in [6, 6.07) is 0. The van der Waals surface area contributed by atoms with Crippen molar-refractivity contribution in [3.63, 3.8) is 0 Å². The average molecular weight is 152 g/mol. The highest BCUT2D eigenvalue weighted by atomic mass is 16.3. The first kappa shape index (κ1) is 7.35. The molecule has 0 heterocycles. The normalized spacial score (nSPS) is 42.7. The van der Waals surface area contributed by atoms with Gasteiger partial charge < -0.3 is 5.11 Å². The van der Waals surface area contributed by atoms with Crippen LogP contribution in [0.25, 0.3) is 0 Å². The van der Waals surface area contributed by atoms with Gasteiger partial charge in [0.2, 0.25) is 0 Å². The lowest BCUT2D eigenvalue weighted by atomic mass is 9.82. The molecule has 1 heteroatoms. The zero-order valence-corrected chi connectivity index (χ0v) is 7.09. The molecule has 62 valence electrons. The maximum Gasteiger partial charge on any atom is 0.0551 e. The minimum Gasteiger partial charge on any atom is -0.393 e. The molecular formula is C10H16O. The summed E-state index contributed by atoms with van der Waals surface area (Å²) in [4.78, 5) is 0. The van der Waals surface area contributed by atoms with Gasteiger partial charge >= 0.3 is 0 Å². The van der Waals surface area contributed by atoms with Gasteiger partial charge in [-0.2, -0.15) is 0 Å². The molecule has 2 aliphatic carbocycles. The number of rotatable bonds is 0. The third kappa shape index (κ3) is 1.12. The van der Waals surface area contributed by atoms with E-state index in [0.29, 0.717) is 0 Å². The second kappa shape index (κ2) is 2.63. The van der Waals surface area contributed by atoms with E-state index in [4.69, 9.17) is 0 Å². The van der Waals surface area contributed by atoms with Gasteiger partial charge in [-0.25, -0.2) is 0 Å². The lowest BCUT2D eigenvalue weighted by Gasteiger charge is -2.26. The summed E-state index contributed by atoms with van der Waals surface area (Å²) in [5.74, 6) is 1.46. The SMILES string of the molecule is CC=C1C2CCC1CC(O)C2. The van der Waals surface area contributed by atoms with Gasteiger partial charge in [-0.1, -0.05) is 11.6 Å². The topological polar surface area (TPSA) is 20.2 Å². The first-order valence-corrected chi connectivity index (χ1v) is 4.65. The maximum atomic E-state index is 9.48. The molecule has 0 aliphatic heterocycles. The Labute approximate surface area is 68.1 Å². The van der Waals surface area contributed by atoms with Gasteiger partial charge in [0.1, 0.15) is 0 Å². The molecule has 2 atom stereocenters. The molecular weight excluding hydrogens is 136 g/mol. The molecule has 0 saturated heterocycles. The van der Waals surface area contributed by atoms with Crippen LogP contribution in [0.2, 0.25) is 0 Å². The van der Waals surface area contributed by atoms with Crippen molar-refractivity contribution in [2.24, 2.45) is 11.8 Å². The third-order valence-corrected chi connectivity index (χ3v) is 3.25. The lowest BCUT2D eigenvalue weighted by molar-refractivity contribution is 0.119. The van der Waals surface area contributed by atoms with Crippen LogP contribution in [0, 0.1) is 11.8 Å². The molecule has 0 aromatic heterocycles. The Morgan fingerprint density at radius 1 is 1.27 bits per heavy atom. The van der Waals surface area contributed by atoms with E-state index in [0.717, 1.165) is 24.7 Å². The Morgan fingerprint density at radius 3 is 2.27 bits per heavy atom. The average Bonchev–Trinajstić information content (AvgIpc) is 2.23. The number of hydrogen-bond donors (Lipinski definition) is 1. The molecule has 2 rings (SSSR count). The van der Waals surface area contributed by atoms with Crippen LogP contribution >= 0.6 is 0 Å². The highest BCUT2D eigenvalue weighted by molar-refractivity contribution is 5.18. The highest BCUT2D eigenvalue weighted by Gasteiger charge is 2.36. The molecule has 11 heavy (non-hydrogen) atoms. The Hall–Kier alpha value is -0.300. The second-order valence-electron chi connectivity index (χ2n) is 3.89. The first-order chi connectivity index (χ1) is 5.31. The van der Waals surface area contributed by atoms with Crippen molar-refractivity contribution in [2.45, 2.75) is 38.7 Å². The molecule has 2 fully saturated rings. The van der Waals surface area contributed by atoms with E-state index in [2.05, 4.69) is 13.0 Å². The Morgan fingerprint density at radius 2 is 1.82 bits per heavy atom. The van der Waals surface area contributed by atoms with Crippen LogP contribution in [0.4, 0.5) is 0 Å². The maximum absolute atomic E-state index is 9.48. The Balaban J connectivity index is 2.19. The van der Waals surface area contributed by atoms with Crippen LogP contribution in [0.15, 0.2) is 11.6 Å². The van der Waals surface area contributed by atoms with Crippen LogP contribution in [0.3, 0.4) is 0 Å². The van der Waals surface area contributed by atoms with Gasteiger partial charge in [0.25, 0.3) is 0 Å². The monoisotopic (exact) mass is 152 g/mol. The van der Waals surface area contributed by atoms with E-state index in [-0.39, 0.29) is 6.10 Å². The van der Waals surface area contributed by atoms with Crippen molar-refractivity contribution >= 4 is 0 Å². The first-order valence-electron chi connectivity index (χ1n) is 4.65. The van der Waals surface area contributed by atoms with Crippen LogP contribution in [0.5, 0.6) is 0 Å². The van der Waals surface area contributed by atoms with Gasteiger partial charge in [-0.3, -0.25) is 0 Å². The minimum atomic E-state index is -0.00352. The molecule has 0 spiro atoms. The molecule has 0 radical (unpaired) electrons. The van der Waals surface area contributed by atoms with Gasteiger partial charge in [0, 0.05) is 0 Å². The molecule has 1 N–H and O–H groups in total. The summed E-state index contributed by atoms with van der Waals surface area (Å²) >= 11 is 0. The minimum absolute atomic E-state index is 0.00352. The molecule has 2 aliphatic rings. The van der Waals surface area contributed by atoms with E-state index >= 15 is 0 Å². The predicted octanol–water partition coefficient (Wildman–Crippen LogP) is 2.11. The second-order valence-corrected chi connectivity index (χ2v) is 3.89. The molecule has 2 unspecified atom stereocenters. The Bertz CT molecular complexity index is 167. The molecule has 1 nitrogen and oxygen atoms in total. The fourth-order valence-electron chi connectivity index (χ4n) is 2.80. The van der Waals surface area contributed by atoms with Gasteiger partial charge in [-0.15, -0.1) is 0 Å². The van der Waals surface area contributed by atoms with Crippen molar-refractivity contribution in [3.05, 3.63) is 11.6 Å². The summed E-state index contributed by atoms with van der Waals surface area (Å²) in [6.07, 6.45) is 6.96. The Kier molecular flexibility index (Phi) is 1.76. The van der Waals surface area contributed by atoms with E-state index in [1.165, 1.54) is 12.8 Å². The summed E-state index contributed by atoms with van der Waals surface area (Å²) in [5.41, 5.74) is 1.63. The molecule has 2 saturated carbocycles. The number of allylic oxidation sites excluding steroid dienone is 2. The lowest BCUT2D eigenvalue weighted by Crippen LogP contribution is -2.22. The van der Waals surface area contributed by atoms with Crippen LogP contribution < -0.4 is 0 Å². The van der Waals surface area contributed by atoms with E-state index in [9.17, 15) is 5.11 Å². The smallest absolute Gasteiger partial charge is 0.0551 e. The molecule has 0 aromatic rings. The van der Waals surface area contributed by atoms with Crippen molar-refractivity contribution in [1.29, 1.82) is 0 Å². The quantitative estimate of drug-likeness (QED) is 0.527. The predicted molar refractivity (Wildman–Crippen MR) is 45.2 cm³/mol. The number of aliphatic hydroxyl groups is 1. The summed E-state index contributed by atoms with van der Waals surface area (Å²) in [5, 5.41) is 9.48. The van der Waals surface area contributed by atoms with Gasteiger partial charge in [0.15, 0.2) is 0 Å².